The van der Waals surface area contributed by atoms with Crippen LogP contribution in [-0.2, 0) is 0 Å². The highest BCUT2D eigenvalue weighted by atomic mass is 32.1. The minimum atomic E-state index is -0.497. The maximum atomic E-state index is 11.8. The molecule has 2 unspecified atom stereocenters. The van der Waals surface area contributed by atoms with Crippen molar-refractivity contribution in [2.24, 2.45) is 5.73 Å². The average Bonchev–Trinajstić information content (AvgIpc) is 2.88. The average molecular weight is 255 g/mol. The Bertz CT molecular complexity index is 446. The van der Waals surface area contributed by atoms with Crippen molar-refractivity contribution in [1.29, 1.82) is 0 Å². The molecule has 1 aromatic rings. The van der Waals surface area contributed by atoms with Gasteiger partial charge in [-0.2, -0.15) is 0 Å². The fourth-order valence-electron chi connectivity index (χ4n) is 1.96. The fourth-order valence-corrected chi connectivity index (χ4v) is 2.66. The van der Waals surface area contributed by atoms with Crippen LogP contribution in [0.1, 0.15) is 29.6 Å². The zero-order chi connectivity index (χ0) is 12.4. The van der Waals surface area contributed by atoms with Crippen LogP contribution in [0.25, 0.3) is 0 Å². The van der Waals surface area contributed by atoms with Crippen LogP contribution in [-0.4, -0.2) is 22.9 Å². The molecule has 1 aliphatic rings. The van der Waals surface area contributed by atoms with Crippen LogP contribution in [0.15, 0.2) is 11.4 Å². The maximum absolute atomic E-state index is 11.8. The van der Waals surface area contributed by atoms with Gasteiger partial charge in [0.1, 0.15) is 0 Å². The third kappa shape index (κ3) is 2.62. The van der Waals surface area contributed by atoms with Crippen LogP contribution in [0, 0.1) is 10.1 Å². The number of rotatable bonds is 3. The third-order valence-corrected chi connectivity index (χ3v) is 3.79. The van der Waals surface area contributed by atoms with E-state index in [1.165, 1.54) is 11.4 Å². The molecule has 1 heterocycles. The van der Waals surface area contributed by atoms with E-state index in [9.17, 15) is 14.9 Å². The van der Waals surface area contributed by atoms with E-state index < -0.39 is 4.92 Å². The van der Waals surface area contributed by atoms with Gasteiger partial charge in [-0.05, 0) is 19.3 Å². The fraction of sp³-hybridized carbons (Fsp3) is 0.500. The minimum Gasteiger partial charge on any atom is -0.348 e. The summed E-state index contributed by atoms with van der Waals surface area (Å²) in [6.45, 7) is 0. The lowest BCUT2D eigenvalue weighted by Gasteiger charge is -2.16. The van der Waals surface area contributed by atoms with E-state index in [-0.39, 0.29) is 23.0 Å². The van der Waals surface area contributed by atoms with Crippen LogP contribution >= 0.6 is 11.3 Å². The second-order valence-corrected chi connectivity index (χ2v) is 5.00. The van der Waals surface area contributed by atoms with Gasteiger partial charge < -0.3 is 11.1 Å². The molecular weight excluding hydrogens is 242 g/mol. The second kappa shape index (κ2) is 4.80. The highest BCUT2D eigenvalue weighted by Gasteiger charge is 2.26. The Balaban J connectivity index is 2.01. The number of carbonyl (C=O) groups is 1. The van der Waals surface area contributed by atoms with Crippen molar-refractivity contribution in [2.45, 2.75) is 31.3 Å². The molecule has 0 saturated heterocycles. The molecule has 1 saturated carbocycles. The van der Waals surface area contributed by atoms with Crippen LogP contribution in [0.5, 0.6) is 0 Å². The molecule has 7 heteroatoms. The summed E-state index contributed by atoms with van der Waals surface area (Å²) in [5, 5.41) is 14.8. The number of nitrogens with one attached hydrogen (secondary N) is 1. The summed E-state index contributed by atoms with van der Waals surface area (Å²) in [6.07, 6.45) is 2.80. The quantitative estimate of drug-likeness (QED) is 0.627. The molecule has 0 radical (unpaired) electrons. The molecule has 2 rings (SSSR count). The standard InChI is InChI=1S/C10H13N3O3S/c11-7-2-1-3-8(7)12-10(14)6-4-9(13(15)16)17-5-6/h4-5,7-8H,1-3,11H2,(H,12,14). The third-order valence-electron chi connectivity index (χ3n) is 2.91. The lowest BCUT2D eigenvalue weighted by molar-refractivity contribution is -0.380. The van der Waals surface area contributed by atoms with E-state index in [1.807, 2.05) is 0 Å². The summed E-state index contributed by atoms with van der Waals surface area (Å²) >= 11 is 0.954. The lowest BCUT2D eigenvalue weighted by Crippen LogP contribution is -2.43. The number of nitro groups is 1. The molecular formula is C10H13N3O3S. The highest BCUT2D eigenvalue weighted by Crippen LogP contribution is 2.23. The van der Waals surface area contributed by atoms with E-state index in [4.69, 9.17) is 5.73 Å². The van der Waals surface area contributed by atoms with E-state index >= 15 is 0 Å². The minimum absolute atomic E-state index is 0.00688. The van der Waals surface area contributed by atoms with Gasteiger partial charge in [0.05, 0.1) is 10.5 Å². The smallest absolute Gasteiger partial charge is 0.324 e. The van der Waals surface area contributed by atoms with Crippen molar-refractivity contribution < 1.29 is 9.72 Å². The molecule has 2 atom stereocenters. The first-order valence-electron chi connectivity index (χ1n) is 5.37. The summed E-state index contributed by atoms with van der Waals surface area (Å²) in [5.41, 5.74) is 6.17. The Hall–Kier alpha value is -1.47. The van der Waals surface area contributed by atoms with E-state index in [0.717, 1.165) is 30.6 Å². The van der Waals surface area contributed by atoms with Gasteiger partial charge in [-0.3, -0.25) is 14.9 Å². The van der Waals surface area contributed by atoms with Crippen LogP contribution < -0.4 is 11.1 Å². The molecule has 1 fully saturated rings. The first kappa shape index (κ1) is 12.0. The van der Waals surface area contributed by atoms with Gasteiger partial charge in [-0.25, -0.2) is 0 Å². The summed E-state index contributed by atoms with van der Waals surface area (Å²) < 4.78 is 0. The van der Waals surface area contributed by atoms with Crippen molar-refractivity contribution in [3.8, 4) is 0 Å². The number of thiophene rings is 1. The van der Waals surface area contributed by atoms with Crippen LogP contribution in [0.3, 0.4) is 0 Å². The van der Waals surface area contributed by atoms with Gasteiger partial charge in [0.2, 0.25) is 0 Å². The topological polar surface area (TPSA) is 98.3 Å². The zero-order valence-corrected chi connectivity index (χ0v) is 9.90. The summed E-state index contributed by atoms with van der Waals surface area (Å²) in [5.74, 6) is -0.281. The number of nitrogens with zero attached hydrogens (tertiary/aromatic N) is 1. The molecule has 17 heavy (non-hydrogen) atoms. The molecule has 0 spiro atoms. The Labute approximate surface area is 102 Å². The molecule has 92 valence electrons. The van der Waals surface area contributed by atoms with Gasteiger partial charge in [-0.15, -0.1) is 0 Å². The van der Waals surface area contributed by atoms with Gasteiger partial charge in [0.15, 0.2) is 0 Å². The number of carbonyl (C=O) groups excluding carboxylic acids is 1. The van der Waals surface area contributed by atoms with Crippen molar-refractivity contribution in [3.63, 3.8) is 0 Å². The molecule has 0 bridgehead atoms. The Morgan fingerprint density at radius 1 is 1.59 bits per heavy atom. The van der Waals surface area contributed by atoms with E-state index in [2.05, 4.69) is 5.32 Å². The van der Waals surface area contributed by atoms with Gasteiger partial charge >= 0.3 is 5.00 Å². The first-order valence-corrected chi connectivity index (χ1v) is 6.25. The van der Waals surface area contributed by atoms with E-state index in [1.54, 1.807) is 0 Å². The summed E-state index contributed by atoms with van der Waals surface area (Å²) in [4.78, 5) is 21.8. The molecule has 0 aromatic carbocycles. The van der Waals surface area contributed by atoms with Crippen molar-refractivity contribution in [3.05, 3.63) is 27.1 Å². The number of amides is 1. The molecule has 1 aromatic heterocycles. The largest absolute Gasteiger partial charge is 0.348 e. The number of hydrogen-bond donors (Lipinski definition) is 2. The predicted octanol–water partition coefficient (Wildman–Crippen LogP) is 1.27. The van der Waals surface area contributed by atoms with Crippen molar-refractivity contribution in [2.75, 3.05) is 0 Å². The molecule has 3 N–H and O–H groups in total. The van der Waals surface area contributed by atoms with Gasteiger partial charge in [0.25, 0.3) is 5.91 Å². The van der Waals surface area contributed by atoms with Crippen LogP contribution in [0.2, 0.25) is 0 Å². The Morgan fingerprint density at radius 3 is 2.88 bits per heavy atom. The number of hydrogen-bond acceptors (Lipinski definition) is 5. The SMILES string of the molecule is NC1CCCC1NC(=O)c1csc([N+](=O)[O-])c1. The molecule has 0 aliphatic heterocycles. The zero-order valence-electron chi connectivity index (χ0n) is 9.09. The van der Waals surface area contributed by atoms with Gasteiger partial charge in [0, 0.05) is 23.5 Å². The van der Waals surface area contributed by atoms with Gasteiger partial charge in [-0.1, -0.05) is 11.3 Å². The lowest BCUT2D eigenvalue weighted by atomic mass is 10.2. The summed E-state index contributed by atoms with van der Waals surface area (Å²) in [6, 6.07) is 1.27. The van der Waals surface area contributed by atoms with Crippen LogP contribution in [0.4, 0.5) is 5.00 Å². The highest BCUT2D eigenvalue weighted by molar-refractivity contribution is 7.13. The van der Waals surface area contributed by atoms with E-state index in [0.29, 0.717) is 5.56 Å². The van der Waals surface area contributed by atoms with Crippen molar-refractivity contribution >= 4 is 22.2 Å². The first-order chi connectivity index (χ1) is 8.08. The Morgan fingerprint density at radius 2 is 2.35 bits per heavy atom. The Kier molecular flexibility index (Phi) is 3.39. The molecule has 1 amide bonds. The maximum Gasteiger partial charge on any atom is 0.324 e. The molecule has 6 nitrogen and oxygen atoms in total. The monoisotopic (exact) mass is 255 g/mol. The molecule has 1 aliphatic carbocycles. The summed E-state index contributed by atoms with van der Waals surface area (Å²) in [7, 11) is 0. The predicted molar refractivity (Wildman–Crippen MR) is 64.1 cm³/mol. The second-order valence-electron chi connectivity index (χ2n) is 4.11. The number of nitrogens with two attached hydrogens (primary N) is 1. The normalized spacial score (nSPS) is 23.6. The van der Waals surface area contributed by atoms with Crippen molar-refractivity contribution in [1.82, 2.24) is 5.32 Å².